The maximum Gasteiger partial charge on any atom is 0.155 e. The second-order valence-electron chi connectivity index (χ2n) is 5.10. The van der Waals surface area contributed by atoms with Crippen LogP contribution in [0.5, 0.6) is 5.75 Å². The minimum Gasteiger partial charge on any atom is -0.485 e. The van der Waals surface area contributed by atoms with Gasteiger partial charge in [-0.25, -0.2) is 0 Å². The van der Waals surface area contributed by atoms with E-state index in [0.29, 0.717) is 6.42 Å². The number of hydrogen-bond acceptors (Lipinski definition) is 3. The Bertz CT molecular complexity index is 413. The first-order valence-electron chi connectivity index (χ1n) is 5.69. The van der Waals surface area contributed by atoms with Crippen molar-refractivity contribution >= 4 is 0 Å². The lowest BCUT2D eigenvalue weighted by Gasteiger charge is -2.40. The molecule has 2 aliphatic heterocycles. The average Bonchev–Trinajstić information content (AvgIpc) is 2.61. The maximum atomic E-state index is 9.64. The molecule has 3 nitrogen and oxygen atoms in total. The summed E-state index contributed by atoms with van der Waals surface area (Å²) in [6.07, 6.45) is -0.0597. The second kappa shape index (κ2) is 3.22. The van der Waals surface area contributed by atoms with Crippen molar-refractivity contribution in [2.24, 2.45) is 0 Å². The summed E-state index contributed by atoms with van der Waals surface area (Å²) in [6.45, 7) is 4.03. The molecule has 2 heterocycles. The van der Waals surface area contributed by atoms with Crippen molar-refractivity contribution in [3.05, 3.63) is 29.8 Å². The molecule has 3 unspecified atom stereocenters. The SMILES string of the molecule is CC1(C)Oc2ccccc2C2CC(O)OC21. The van der Waals surface area contributed by atoms with Crippen LogP contribution < -0.4 is 4.74 Å². The zero-order chi connectivity index (χ0) is 11.3. The van der Waals surface area contributed by atoms with E-state index in [1.54, 1.807) is 0 Å². The zero-order valence-electron chi connectivity index (χ0n) is 9.51. The number of fused-ring (bicyclic) bond motifs is 3. The molecule has 1 aromatic carbocycles. The molecule has 16 heavy (non-hydrogen) atoms. The number of rotatable bonds is 0. The van der Waals surface area contributed by atoms with Crippen molar-refractivity contribution in [1.82, 2.24) is 0 Å². The van der Waals surface area contributed by atoms with Gasteiger partial charge in [0, 0.05) is 17.9 Å². The van der Waals surface area contributed by atoms with Gasteiger partial charge in [0.05, 0.1) is 0 Å². The summed E-state index contributed by atoms with van der Waals surface area (Å²) in [7, 11) is 0. The summed E-state index contributed by atoms with van der Waals surface area (Å²) in [5.41, 5.74) is 0.777. The summed E-state index contributed by atoms with van der Waals surface area (Å²) in [6, 6.07) is 8.02. The number of benzene rings is 1. The second-order valence-corrected chi connectivity index (χ2v) is 5.10. The highest BCUT2D eigenvalue weighted by Crippen LogP contribution is 2.48. The molecule has 0 spiro atoms. The van der Waals surface area contributed by atoms with E-state index in [9.17, 15) is 5.11 Å². The van der Waals surface area contributed by atoms with E-state index in [2.05, 4.69) is 6.07 Å². The minimum absolute atomic E-state index is 0.0580. The highest BCUT2D eigenvalue weighted by molar-refractivity contribution is 5.41. The number of para-hydroxylation sites is 1. The lowest BCUT2D eigenvalue weighted by atomic mass is 9.81. The van der Waals surface area contributed by atoms with Crippen molar-refractivity contribution in [2.75, 3.05) is 0 Å². The van der Waals surface area contributed by atoms with Crippen molar-refractivity contribution in [2.45, 2.75) is 44.2 Å². The molecule has 1 saturated heterocycles. The molecule has 3 heteroatoms. The van der Waals surface area contributed by atoms with Crippen LogP contribution in [0.15, 0.2) is 24.3 Å². The fourth-order valence-corrected chi connectivity index (χ4v) is 2.82. The average molecular weight is 220 g/mol. The van der Waals surface area contributed by atoms with E-state index >= 15 is 0 Å². The van der Waals surface area contributed by atoms with E-state index < -0.39 is 6.29 Å². The van der Waals surface area contributed by atoms with Crippen LogP contribution in [0.2, 0.25) is 0 Å². The largest absolute Gasteiger partial charge is 0.485 e. The predicted octanol–water partition coefficient (Wildman–Crippen LogP) is 2.05. The molecular weight excluding hydrogens is 204 g/mol. The molecule has 3 atom stereocenters. The fraction of sp³-hybridized carbons (Fsp3) is 0.538. The summed E-state index contributed by atoms with van der Waals surface area (Å²) < 4.78 is 11.5. The minimum atomic E-state index is -0.663. The van der Waals surface area contributed by atoms with Crippen molar-refractivity contribution in [3.63, 3.8) is 0 Å². The molecule has 1 N–H and O–H groups in total. The van der Waals surface area contributed by atoms with Crippen LogP contribution in [-0.2, 0) is 4.74 Å². The molecule has 1 aromatic rings. The first-order valence-corrected chi connectivity index (χ1v) is 5.69. The number of hydrogen-bond donors (Lipinski definition) is 1. The van der Waals surface area contributed by atoms with Gasteiger partial charge < -0.3 is 14.6 Å². The van der Waals surface area contributed by atoms with Crippen molar-refractivity contribution in [3.8, 4) is 5.75 Å². The Morgan fingerprint density at radius 3 is 2.88 bits per heavy atom. The Kier molecular flexibility index (Phi) is 2.03. The van der Waals surface area contributed by atoms with E-state index in [4.69, 9.17) is 9.47 Å². The van der Waals surface area contributed by atoms with E-state index in [-0.39, 0.29) is 17.6 Å². The molecule has 0 amide bonds. The van der Waals surface area contributed by atoms with Gasteiger partial charge in [0.1, 0.15) is 17.5 Å². The van der Waals surface area contributed by atoms with Gasteiger partial charge in [0.2, 0.25) is 0 Å². The predicted molar refractivity (Wildman–Crippen MR) is 59.4 cm³/mol. The lowest BCUT2D eigenvalue weighted by Crippen LogP contribution is -2.47. The highest BCUT2D eigenvalue weighted by atomic mass is 16.6. The molecule has 0 bridgehead atoms. The Labute approximate surface area is 95.0 Å². The monoisotopic (exact) mass is 220 g/mol. The van der Waals surface area contributed by atoms with Crippen molar-refractivity contribution in [1.29, 1.82) is 0 Å². The molecule has 3 rings (SSSR count). The van der Waals surface area contributed by atoms with Crippen LogP contribution in [0.1, 0.15) is 31.7 Å². The first kappa shape index (κ1) is 10.1. The summed E-state index contributed by atoms with van der Waals surface area (Å²) in [4.78, 5) is 0. The molecule has 0 aliphatic carbocycles. The van der Waals surface area contributed by atoms with E-state index in [0.717, 1.165) is 11.3 Å². The van der Waals surface area contributed by atoms with Gasteiger partial charge in [-0.1, -0.05) is 18.2 Å². The molecule has 86 valence electrons. The van der Waals surface area contributed by atoms with Gasteiger partial charge in [-0.05, 0) is 19.9 Å². The molecule has 2 aliphatic rings. The Morgan fingerprint density at radius 2 is 2.06 bits per heavy atom. The Hall–Kier alpha value is -1.06. The number of aliphatic hydroxyl groups excluding tert-OH is 1. The summed E-state index contributed by atoms with van der Waals surface area (Å²) in [5, 5.41) is 9.64. The molecule has 0 aromatic heterocycles. The zero-order valence-corrected chi connectivity index (χ0v) is 9.51. The molecule has 1 fully saturated rings. The van der Waals surface area contributed by atoms with E-state index in [1.165, 1.54) is 0 Å². The van der Waals surface area contributed by atoms with Crippen LogP contribution in [0.25, 0.3) is 0 Å². The van der Waals surface area contributed by atoms with Gasteiger partial charge >= 0.3 is 0 Å². The third-order valence-electron chi connectivity index (χ3n) is 3.50. The van der Waals surface area contributed by atoms with Gasteiger partial charge in [0.25, 0.3) is 0 Å². The first-order chi connectivity index (χ1) is 7.58. The van der Waals surface area contributed by atoms with Gasteiger partial charge in [0.15, 0.2) is 6.29 Å². The van der Waals surface area contributed by atoms with Gasteiger partial charge in [-0.15, -0.1) is 0 Å². The number of aliphatic hydroxyl groups is 1. The molecular formula is C13H16O3. The van der Waals surface area contributed by atoms with E-state index in [1.807, 2.05) is 32.0 Å². The summed E-state index contributed by atoms with van der Waals surface area (Å²) in [5.74, 6) is 1.17. The molecule has 0 saturated carbocycles. The Morgan fingerprint density at radius 1 is 1.31 bits per heavy atom. The maximum absolute atomic E-state index is 9.64. The lowest BCUT2D eigenvalue weighted by molar-refractivity contribution is -0.143. The standard InChI is InChI=1S/C13H16O3/c1-13(2)12-9(7-11(14)15-12)8-5-3-4-6-10(8)16-13/h3-6,9,11-12,14H,7H2,1-2H3. The van der Waals surface area contributed by atoms with Crippen LogP contribution in [0.4, 0.5) is 0 Å². The van der Waals surface area contributed by atoms with Crippen molar-refractivity contribution < 1.29 is 14.6 Å². The number of ether oxygens (including phenoxy) is 2. The molecule has 0 radical (unpaired) electrons. The van der Waals surface area contributed by atoms with Crippen LogP contribution in [0, 0.1) is 0 Å². The van der Waals surface area contributed by atoms with Crippen LogP contribution >= 0.6 is 0 Å². The summed E-state index contributed by atoms with van der Waals surface area (Å²) >= 11 is 0. The Balaban J connectivity index is 2.09. The third kappa shape index (κ3) is 1.35. The fourth-order valence-electron chi connectivity index (χ4n) is 2.82. The highest BCUT2D eigenvalue weighted by Gasteiger charge is 2.49. The van der Waals surface area contributed by atoms with Crippen LogP contribution in [-0.4, -0.2) is 23.1 Å². The van der Waals surface area contributed by atoms with Crippen LogP contribution in [0.3, 0.4) is 0 Å². The third-order valence-corrected chi connectivity index (χ3v) is 3.50. The quantitative estimate of drug-likeness (QED) is 0.727. The van der Waals surface area contributed by atoms with Gasteiger partial charge in [-0.2, -0.15) is 0 Å². The van der Waals surface area contributed by atoms with Gasteiger partial charge in [-0.3, -0.25) is 0 Å². The normalized spacial score (nSPS) is 35.1. The smallest absolute Gasteiger partial charge is 0.155 e. The topological polar surface area (TPSA) is 38.7 Å².